The Morgan fingerprint density at radius 1 is 1.13 bits per heavy atom. The third-order valence-electron chi connectivity index (χ3n) is 4.63. The fraction of sp³-hybridized carbons (Fsp3) is 0.136. The van der Waals surface area contributed by atoms with E-state index in [0.29, 0.717) is 22.7 Å². The molecule has 158 valence electrons. The van der Waals surface area contributed by atoms with Gasteiger partial charge >= 0.3 is 0 Å². The number of benzene rings is 2. The van der Waals surface area contributed by atoms with Crippen LogP contribution in [0.25, 0.3) is 0 Å². The minimum atomic E-state index is -0.423. The van der Waals surface area contributed by atoms with E-state index in [9.17, 15) is 9.18 Å². The summed E-state index contributed by atoms with van der Waals surface area (Å²) in [5.41, 5.74) is 1.39. The molecule has 0 atom stereocenters. The summed E-state index contributed by atoms with van der Waals surface area (Å²) in [6.45, 7) is -0.0980. The molecule has 0 aliphatic heterocycles. The van der Waals surface area contributed by atoms with Crippen LogP contribution in [0.15, 0.2) is 73.1 Å². The zero-order valence-electron chi connectivity index (χ0n) is 16.7. The Kier molecular flexibility index (Phi) is 5.94. The average molecular weight is 438 g/mol. The molecule has 0 aliphatic carbocycles. The molecule has 0 bridgehead atoms. The minimum Gasteiger partial charge on any atom is -0.497 e. The molecule has 0 radical (unpaired) electrons. The topological polar surface area (TPSA) is 66.0 Å². The van der Waals surface area contributed by atoms with Gasteiger partial charge in [0.15, 0.2) is 5.82 Å². The number of carbonyl (C=O) groups excluding carboxylic acids is 1. The van der Waals surface area contributed by atoms with Crippen molar-refractivity contribution < 1.29 is 13.9 Å². The van der Waals surface area contributed by atoms with Crippen molar-refractivity contribution in [3.63, 3.8) is 0 Å². The van der Waals surface area contributed by atoms with Crippen molar-refractivity contribution in [1.82, 2.24) is 19.1 Å². The smallest absolute Gasteiger partial charge is 0.246 e. The number of amides is 1. The molecule has 0 fully saturated rings. The van der Waals surface area contributed by atoms with Crippen LogP contribution < -0.4 is 10.1 Å². The van der Waals surface area contributed by atoms with Crippen LogP contribution in [0.4, 0.5) is 10.1 Å². The maximum Gasteiger partial charge on any atom is 0.246 e. The minimum absolute atomic E-state index is 0.0980. The first kappa shape index (κ1) is 20.5. The lowest BCUT2D eigenvalue weighted by molar-refractivity contribution is -0.116. The highest BCUT2D eigenvalue weighted by atomic mass is 32.1. The first-order valence-corrected chi connectivity index (χ1v) is 9.95. The van der Waals surface area contributed by atoms with E-state index in [-0.39, 0.29) is 12.5 Å². The lowest BCUT2D eigenvalue weighted by Gasteiger charge is -2.08. The molecule has 0 spiro atoms. The Labute approximate surface area is 183 Å². The molecule has 9 heteroatoms. The lowest BCUT2D eigenvalue weighted by atomic mass is 10.1. The lowest BCUT2D eigenvalue weighted by Crippen LogP contribution is -2.20. The number of aromatic nitrogens is 4. The summed E-state index contributed by atoms with van der Waals surface area (Å²) in [5, 5.41) is 7.26. The Morgan fingerprint density at radius 3 is 2.55 bits per heavy atom. The Hall–Kier alpha value is -3.72. The Bertz CT molecular complexity index is 1250. The molecule has 7 nitrogen and oxygen atoms in total. The molecular formula is C22H20FN5O2S. The third kappa shape index (κ3) is 4.72. The second kappa shape index (κ2) is 8.97. The maximum absolute atomic E-state index is 13.4. The Morgan fingerprint density at radius 2 is 1.87 bits per heavy atom. The number of nitrogens with one attached hydrogen (secondary N) is 1. The highest BCUT2D eigenvalue weighted by molar-refractivity contribution is 7.71. The number of nitrogens with zero attached hydrogens (tertiary/aromatic N) is 4. The molecule has 4 aromatic rings. The van der Waals surface area contributed by atoms with E-state index in [1.807, 2.05) is 53.5 Å². The van der Waals surface area contributed by atoms with E-state index in [2.05, 4.69) is 10.4 Å². The number of anilines is 1. The molecular weight excluding hydrogens is 417 g/mol. The van der Waals surface area contributed by atoms with Gasteiger partial charge in [-0.15, -0.1) is 0 Å². The fourth-order valence-electron chi connectivity index (χ4n) is 3.18. The van der Waals surface area contributed by atoms with Crippen LogP contribution in [0, 0.1) is 10.6 Å². The molecule has 2 aromatic heterocycles. The van der Waals surface area contributed by atoms with Crippen molar-refractivity contribution in [3.05, 3.63) is 95.0 Å². The first-order valence-electron chi connectivity index (χ1n) is 9.54. The van der Waals surface area contributed by atoms with Crippen LogP contribution in [-0.4, -0.2) is 32.1 Å². The number of halogens is 1. The van der Waals surface area contributed by atoms with Crippen LogP contribution >= 0.6 is 12.2 Å². The van der Waals surface area contributed by atoms with Gasteiger partial charge in [-0.05, 0) is 60.2 Å². The van der Waals surface area contributed by atoms with Crippen LogP contribution in [0.2, 0.25) is 0 Å². The number of carbonyl (C=O) groups is 1. The molecule has 0 saturated carbocycles. The van der Waals surface area contributed by atoms with E-state index < -0.39 is 5.82 Å². The van der Waals surface area contributed by atoms with Crippen LogP contribution in [0.3, 0.4) is 0 Å². The molecule has 0 unspecified atom stereocenters. The second-order valence-electron chi connectivity index (χ2n) is 6.81. The predicted molar refractivity (Wildman–Crippen MR) is 117 cm³/mol. The standard InChI is InChI=1S/C22H20FN5O2S/c1-30-19-9-7-16(8-10-19)13-20-25-27(22(31)28(20)26-11-2-3-12-26)15-21(29)24-18-6-4-5-17(23)14-18/h2-12,14H,13,15H2,1H3,(H,24,29). The fourth-order valence-corrected chi connectivity index (χ4v) is 3.48. The Balaban J connectivity index is 1.61. The van der Waals surface area contributed by atoms with Crippen molar-refractivity contribution in [2.24, 2.45) is 0 Å². The SMILES string of the molecule is COc1ccc(Cc2nn(CC(=O)Nc3cccc(F)c3)c(=S)n2-n2cccc2)cc1. The van der Waals surface area contributed by atoms with Gasteiger partial charge in [0.1, 0.15) is 18.1 Å². The normalized spacial score (nSPS) is 10.8. The van der Waals surface area contributed by atoms with Crippen molar-refractivity contribution >= 4 is 23.8 Å². The van der Waals surface area contributed by atoms with Gasteiger partial charge in [-0.2, -0.15) is 5.10 Å². The first-order chi connectivity index (χ1) is 15.0. The largest absolute Gasteiger partial charge is 0.497 e. The van der Waals surface area contributed by atoms with Gasteiger partial charge in [0.25, 0.3) is 0 Å². The third-order valence-corrected chi connectivity index (χ3v) is 5.01. The van der Waals surface area contributed by atoms with Gasteiger partial charge in [-0.25, -0.2) is 13.7 Å². The highest BCUT2D eigenvalue weighted by Crippen LogP contribution is 2.16. The van der Waals surface area contributed by atoms with Crippen LogP contribution in [0.1, 0.15) is 11.4 Å². The van der Waals surface area contributed by atoms with Gasteiger partial charge in [-0.1, -0.05) is 18.2 Å². The number of ether oxygens (including phenoxy) is 1. The summed E-state index contributed by atoms with van der Waals surface area (Å²) in [5.74, 6) is 0.665. The van der Waals surface area contributed by atoms with Crippen LogP contribution in [-0.2, 0) is 17.8 Å². The van der Waals surface area contributed by atoms with Crippen molar-refractivity contribution in [3.8, 4) is 5.75 Å². The number of hydrogen-bond donors (Lipinski definition) is 1. The second-order valence-corrected chi connectivity index (χ2v) is 7.18. The highest BCUT2D eigenvalue weighted by Gasteiger charge is 2.15. The summed E-state index contributed by atoms with van der Waals surface area (Å²) < 4.78 is 24.0. The van der Waals surface area contributed by atoms with Gasteiger partial charge in [0.2, 0.25) is 10.7 Å². The van der Waals surface area contributed by atoms with Crippen molar-refractivity contribution in [1.29, 1.82) is 0 Å². The van der Waals surface area contributed by atoms with Gasteiger partial charge in [0.05, 0.1) is 7.11 Å². The van der Waals surface area contributed by atoms with Crippen molar-refractivity contribution in [2.75, 3.05) is 12.4 Å². The zero-order chi connectivity index (χ0) is 21.8. The molecule has 1 amide bonds. The summed E-state index contributed by atoms with van der Waals surface area (Å²) in [4.78, 5) is 12.5. The molecule has 0 aliphatic rings. The van der Waals surface area contributed by atoms with Crippen LogP contribution in [0.5, 0.6) is 5.75 Å². The molecule has 4 rings (SSSR count). The quantitative estimate of drug-likeness (QED) is 0.446. The van der Waals surface area contributed by atoms with Gasteiger partial charge < -0.3 is 10.1 Å². The average Bonchev–Trinajstić information content (AvgIpc) is 3.37. The number of hydrogen-bond acceptors (Lipinski definition) is 4. The van der Waals surface area contributed by atoms with E-state index in [1.54, 1.807) is 17.9 Å². The summed E-state index contributed by atoms with van der Waals surface area (Å²) >= 11 is 5.60. The molecule has 1 N–H and O–H groups in total. The monoisotopic (exact) mass is 437 g/mol. The van der Waals surface area contributed by atoms with E-state index in [1.165, 1.54) is 22.9 Å². The summed E-state index contributed by atoms with van der Waals surface area (Å²) in [6.07, 6.45) is 4.21. The molecule has 2 aromatic carbocycles. The number of rotatable bonds is 7. The van der Waals surface area contributed by atoms with E-state index >= 15 is 0 Å². The number of methoxy groups -OCH3 is 1. The maximum atomic E-state index is 13.4. The van der Waals surface area contributed by atoms with Gasteiger partial charge in [0, 0.05) is 24.5 Å². The summed E-state index contributed by atoms with van der Waals surface area (Å²) in [6, 6.07) is 17.2. The van der Waals surface area contributed by atoms with Gasteiger partial charge in [-0.3, -0.25) is 9.47 Å². The molecule has 2 heterocycles. The molecule has 31 heavy (non-hydrogen) atoms. The van der Waals surface area contributed by atoms with E-state index in [0.717, 1.165) is 11.3 Å². The van der Waals surface area contributed by atoms with E-state index in [4.69, 9.17) is 17.0 Å². The predicted octanol–water partition coefficient (Wildman–Crippen LogP) is 3.90. The zero-order valence-corrected chi connectivity index (χ0v) is 17.6. The van der Waals surface area contributed by atoms with Crippen molar-refractivity contribution in [2.45, 2.75) is 13.0 Å². The molecule has 0 saturated heterocycles. The summed E-state index contributed by atoms with van der Waals surface area (Å²) in [7, 11) is 1.62.